The lowest BCUT2D eigenvalue weighted by Crippen LogP contribution is -2.20. The smallest absolute Gasteiger partial charge is 0.338 e. The molecule has 1 N–H and O–H groups in total. The van der Waals surface area contributed by atoms with E-state index >= 15 is 0 Å². The number of hydrogen-bond acceptors (Lipinski definition) is 8. The van der Waals surface area contributed by atoms with Gasteiger partial charge in [-0.2, -0.15) is 9.61 Å². The molecule has 168 valence electrons. The Morgan fingerprint density at radius 2 is 1.94 bits per heavy atom. The molecule has 0 bridgehead atoms. The number of nitrogens with one attached hydrogen (secondary N) is 1. The van der Waals surface area contributed by atoms with Gasteiger partial charge in [0.25, 0.3) is 11.5 Å². The van der Waals surface area contributed by atoms with Crippen LogP contribution in [0.2, 0.25) is 5.02 Å². The first-order valence-electron chi connectivity index (χ1n) is 9.69. The van der Waals surface area contributed by atoms with Crippen LogP contribution in [0.4, 0.5) is 5.69 Å². The summed E-state index contributed by atoms with van der Waals surface area (Å²) in [6.45, 7) is 1.39. The van der Waals surface area contributed by atoms with E-state index in [0.717, 1.165) is 0 Å². The van der Waals surface area contributed by atoms with Gasteiger partial charge in [-0.3, -0.25) is 9.59 Å². The number of carbonyl (C=O) groups excluding carboxylic acids is 2. The summed E-state index contributed by atoms with van der Waals surface area (Å²) in [5, 5.41) is 8.00. The van der Waals surface area contributed by atoms with E-state index in [1.807, 2.05) is 0 Å². The summed E-state index contributed by atoms with van der Waals surface area (Å²) in [5.74, 6) is -0.508. The van der Waals surface area contributed by atoms with Gasteiger partial charge in [0, 0.05) is 16.8 Å². The largest absolute Gasteiger partial charge is 0.484 e. The van der Waals surface area contributed by atoms with Crippen LogP contribution in [-0.2, 0) is 16.1 Å². The minimum Gasteiger partial charge on any atom is -0.484 e. The molecular formula is C22H17ClN4O5S. The van der Waals surface area contributed by atoms with Crippen molar-refractivity contribution in [1.29, 1.82) is 0 Å². The fourth-order valence-corrected chi connectivity index (χ4v) is 3.74. The number of halogens is 1. The summed E-state index contributed by atoms with van der Waals surface area (Å²) in [4.78, 5) is 41.4. The van der Waals surface area contributed by atoms with Crippen molar-refractivity contribution in [3.63, 3.8) is 0 Å². The van der Waals surface area contributed by atoms with Crippen molar-refractivity contribution in [1.82, 2.24) is 14.6 Å². The maximum absolute atomic E-state index is 12.5. The molecule has 0 saturated carbocycles. The molecule has 1 amide bonds. The molecule has 0 fully saturated rings. The number of aromatic nitrogens is 3. The van der Waals surface area contributed by atoms with Crippen LogP contribution in [0.15, 0.2) is 59.4 Å². The highest BCUT2D eigenvalue weighted by atomic mass is 35.5. The van der Waals surface area contributed by atoms with Crippen molar-refractivity contribution in [2.75, 3.05) is 11.9 Å². The second-order valence-electron chi connectivity index (χ2n) is 6.85. The van der Waals surface area contributed by atoms with Crippen LogP contribution in [0.1, 0.15) is 21.1 Å². The van der Waals surface area contributed by atoms with Gasteiger partial charge < -0.3 is 14.8 Å². The van der Waals surface area contributed by atoms with Gasteiger partial charge in [0.15, 0.2) is 6.61 Å². The van der Waals surface area contributed by atoms with Gasteiger partial charge in [0.1, 0.15) is 17.4 Å². The number of anilines is 1. The Morgan fingerprint density at radius 3 is 2.73 bits per heavy atom. The predicted molar refractivity (Wildman–Crippen MR) is 123 cm³/mol. The topological polar surface area (TPSA) is 112 Å². The van der Waals surface area contributed by atoms with Crippen molar-refractivity contribution in [2.45, 2.75) is 13.5 Å². The summed E-state index contributed by atoms with van der Waals surface area (Å²) < 4.78 is 11.9. The fraction of sp³-hybridized carbons (Fsp3) is 0.136. The molecule has 0 aliphatic heterocycles. The molecule has 2 aromatic heterocycles. The van der Waals surface area contributed by atoms with Gasteiger partial charge >= 0.3 is 5.97 Å². The Hall–Kier alpha value is -3.76. The van der Waals surface area contributed by atoms with E-state index in [2.05, 4.69) is 15.4 Å². The Kier molecular flexibility index (Phi) is 6.66. The lowest BCUT2D eigenvalue weighted by molar-refractivity contribution is -0.118. The maximum Gasteiger partial charge on any atom is 0.338 e. The lowest BCUT2D eigenvalue weighted by Gasteiger charge is -2.09. The number of carbonyl (C=O) groups is 2. The lowest BCUT2D eigenvalue weighted by atomic mass is 10.2. The molecule has 0 aliphatic carbocycles. The highest BCUT2D eigenvalue weighted by Gasteiger charge is 2.12. The van der Waals surface area contributed by atoms with Crippen molar-refractivity contribution in [2.24, 2.45) is 0 Å². The Bertz CT molecular complexity index is 1380. The summed E-state index contributed by atoms with van der Waals surface area (Å²) in [6.07, 6.45) is 0. The molecule has 33 heavy (non-hydrogen) atoms. The van der Waals surface area contributed by atoms with Gasteiger partial charge in [-0.25, -0.2) is 9.78 Å². The van der Waals surface area contributed by atoms with E-state index in [1.54, 1.807) is 49.4 Å². The van der Waals surface area contributed by atoms with Crippen LogP contribution in [0, 0.1) is 6.92 Å². The van der Waals surface area contributed by atoms with E-state index in [1.165, 1.54) is 28.0 Å². The zero-order valence-electron chi connectivity index (χ0n) is 17.3. The van der Waals surface area contributed by atoms with Crippen molar-refractivity contribution in [3.05, 3.63) is 86.2 Å². The number of nitrogens with zero attached hydrogens (tertiary/aromatic N) is 3. The fourth-order valence-electron chi connectivity index (χ4n) is 2.85. The van der Waals surface area contributed by atoms with Crippen LogP contribution in [-0.4, -0.2) is 33.1 Å². The molecule has 0 radical (unpaired) electrons. The third-order valence-corrected chi connectivity index (χ3v) is 5.39. The number of fused-ring (bicyclic) bond motifs is 1. The number of aryl methyl sites for hydroxylation is 1. The average Bonchev–Trinajstić information content (AvgIpc) is 3.18. The normalized spacial score (nSPS) is 10.7. The molecule has 4 aromatic rings. The van der Waals surface area contributed by atoms with Crippen LogP contribution in [0.25, 0.3) is 4.96 Å². The molecule has 2 aromatic carbocycles. The Balaban J connectivity index is 1.34. The van der Waals surface area contributed by atoms with E-state index in [0.29, 0.717) is 32.1 Å². The zero-order valence-corrected chi connectivity index (χ0v) is 18.9. The molecule has 4 rings (SSSR count). The molecule has 0 saturated heterocycles. The van der Waals surface area contributed by atoms with Crippen molar-refractivity contribution in [3.8, 4) is 5.75 Å². The monoisotopic (exact) mass is 484 g/mol. The first-order valence-corrected chi connectivity index (χ1v) is 10.9. The van der Waals surface area contributed by atoms with E-state index < -0.39 is 11.9 Å². The van der Waals surface area contributed by atoms with E-state index in [9.17, 15) is 14.4 Å². The highest BCUT2D eigenvalue weighted by Crippen LogP contribution is 2.16. The Labute approximate surface area is 196 Å². The van der Waals surface area contributed by atoms with Gasteiger partial charge in [-0.1, -0.05) is 29.0 Å². The number of ether oxygens (including phenoxy) is 2. The van der Waals surface area contributed by atoms with Crippen LogP contribution in [0.3, 0.4) is 0 Å². The number of hydrogen-bond donors (Lipinski definition) is 1. The quantitative estimate of drug-likeness (QED) is 0.399. The number of amides is 1. The molecule has 2 heterocycles. The molecule has 0 aliphatic rings. The zero-order chi connectivity index (χ0) is 23.4. The maximum atomic E-state index is 12.5. The van der Waals surface area contributed by atoms with Gasteiger partial charge in [-0.15, -0.1) is 0 Å². The van der Waals surface area contributed by atoms with Crippen molar-refractivity contribution >= 4 is 45.5 Å². The van der Waals surface area contributed by atoms with Crippen LogP contribution < -0.4 is 15.6 Å². The summed E-state index contributed by atoms with van der Waals surface area (Å²) in [6, 6.07) is 14.2. The SMILES string of the molecule is Cc1nn2c(=O)cc(COC(=O)c3cccc(NC(=O)COc4ccc(Cl)cc4)c3)nc2s1. The standard InChI is InChI=1S/C22H17ClN4O5S/c1-13-26-27-20(29)10-17(25-22(27)33-13)11-32-21(30)14-3-2-4-16(9-14)24-19(28)12-31-18-7-5-15(23)6-8-18/h2-10H,11-12H2,1H3,(H,24,28). The molecule has 11 heteroatoms. The highest BCUT2D eigenvalue weighted by molar-refractivity contribution is 7.16. The first-order chi connectivity index (χ1) is 15.9. The van der Waals surface area contributed by atoms with E-state index in [-0.39, 0.29) is 24.3 Å². The number of esters is 1. The second kappa shape index (κ2) is 9.80. The molecule has 0 unspecified atom stereocenters. The van der Waals surface area contributed by atoms with Gasteiger partial charge in [0.2, 0.25) is 4.96 Å². The molecule has 9 nitrogen and oxygen atoms in total. The first kappa shape index (κ1) is 22.4. The van der Waals surface area contributed by atoms with Gasteiger partial charge in [-0.05, 0) is 49.4 Å². The number of benzene rings is 2. The molecule has 0 atom stereocenters. The van der Waals surface area contributed by atoms with Crippen LogP contribution in [0.5, 0.6) is 5.75 Å². The molecular weight excluding hydrogens is 468 g/mol. The van der Waals surface area contributed by atoms with Gasteiger partial charge in [0.05, 0.1) is 11.3 Å². The predicted octanol–water partition coefficient (Wildman–Crippen LogP) is 3.49. The summed E-state index contributed by atoms with van der Waals surface area (Å²) >= 11 is 7.08. The number of rotatable bonds is 7. The third-order valence-electron chi connectivity index (χ3n) is 4.32. The minimum atomic E-state index is -0.619. The summed E-state index contributed by atoms with van der Waals surface area (Å²) in [5.41, 5.74) is 0.617. The van der Waals surface area contributed by atoms with Crippen LogP contribution >= 0.6 is 22.9 Å². The summed E-state index contributed by atoms with van der Waals surface area (Å²) in [7, 11) is 0. The second-order valence-corrected chi connectivity index (χ2v) is 8.45. The van der Waals surface area contributed by atoms with Crippen molar-refractivity contribution < 1.29 is 19.1 Å². The van der Waals surface area contributed by atoms with E-state index in [4.69, 9.17) is 21.1 Å². The minimum absolute atomic E-state index is 0.174. The molecule has 0 spiro atoms. The third kappa shape index (κ3) is 5.73. The Morgan fingerprint density at radius 1 is 1.15 bits per heavy atom. The average molecular weight is 485 g/mol.